The number of carbonyl (C=O) groups is 1. The number of hydrogen-bond donors (Lipinski definition) is 2. The molecule has 0 aromatic carbocycles. The van der Waals surface area contributed by atoms with Gasteiger partial charge in [-0.25, -0.2) is 0 Å². The van der Waals surface area contributed by atoms with E-state index < -0.39 is 40.0 Å². The molecule has 0 rings (SSSR count). The quantitative estimate of drug-likeness (QED) is 0.519. The van der Waals surface area contributed by atoms with Crippen LogP contribution in [0.4, 0.5) is 0 Å². The lowest BCUT2D eigenvalue weighted by molar-refractivity contribution is -0.156. The monoisotopic (exact) mass is 254 g/mol. The van der Waals surface area contributed by atoms with E-state index in [1.54, 1.807) is 13.8 Å². The van der Waals surface area contributed by atoms with Crippen molar-refractivity contribution in [2.45, 2.75) is 33.3 Å². The van der Waals surface area contributed by atoms with Crippen LogP contribution in [0.25, 0.3) is 0 Å². The fraction of sp³-hybridized carbons (Fsp3) is 0.889. The Bertz CT molecular complexity index is 332. The molecular weight excluding hydrogens is 236 g/mol. The zero-order valence-corrected chi connectivity index (χ0v) is 10.5. The molecule has 0 amide bonds. The molecule has 0 aromatic heterocycles. The first-order valence-electron chi connectivity index (χ1n) is 4.89. The molecule has 1 atom stereocenters. The third-order valence-electron chi connectivity index (χ3n) is 2.25. The first-order valence-corrected chi connectivity index (χ1v) is 6.50. The molecule has 0 radical (unpaired) electrons. The minimum Gasteiger partial charge on any atom is -0.462 e. The number of carbonyl (C=O) groups excluding carboxylic acids is 1. The molecule has 0 saturated carbocycles. The Morgan fingerprint density at radius 1 is 1.44 bits per heavy atom. The van der Waals surface area contributed by atoms with Crippen molar-refractivity contribution in [2.75, 3.05) is 12.4 Å². The van der Waals surface area contributed by atoms with Crippen LogP contribution in [0.1, 0.15) is 27.2 Å². The van der Waals surface area contributed by atoms with Gasteiger partial charge in [0.25, 0.3) is 10.1 Å². The number of ether oxygens (including phenoxy) is 1. The molecule has 6 nitrogen and oxygen atoms in total. The number of esters is 1. The second-order valence-corrected chi connectivity index (χ2v) is 5.74. The van der Waals surface area contributed by atoms with Crippen molar-refractivity contribution in [3.63, 3.8) is 0 Å². The fourth-order valence-electron chi connectivity index (χ4n) is 0.803. The molecule has 2 N–H and O–H groups in total. The maximum absolute atomic E-state index is 11.4. The van der Waals surface area contributed by atoms with Gasteiger partial charge < -0.3 is 9.84 Å². The van der Waals surface area contributed by atoms with E-state index in [-0.39, 0.29) is 0 Å². The van der Waals surface area contributed by atoms with Crippen molar-refractivity contribution in [1.82, 2.24) is 0 Å². The zero-order chi connectivity index (χ0) is 13.0. The summed E-state index contributed by atoms with van der Waals surface area (Å²) in [4.78, 5) is 11.4. The molecule has 0 heterocycles. The van der Waals surface area contributed by atoms with Crippen LogP contribution < -0.4 is 0 Å². The maximum Gasteiger partial charge on any atom is 0.311 e. The molecule has 0 aliphatic rings. The molecule has 7 heteroatoms. The van der Waals surface area contributed by atoms with E-state index in [1.165, 1.54) is 0 Å². The zero-order valence-electron chi connectivity index (χ0n) is 9.63. The third-order valence-corrected chi connectivity index (χ3v) is 3.05. The van der Waals surface area contributed by atoms with Gasteiger partial charge >= 0.3 is 5.97 Å². The van der Waals surface area contributed by atoms with E-state index in [2.05, 4.69) is 0 Å². The Labute approximate surface area is 95.4 Å². The molecule has 0 aliphatic carbocycles. The Hall–Kier alpha value is -0.660. The van der Waals surface area contributed by atoms with Crippen LogP contribution in [0.15, 0.2) is 0 Å². The normalized spacial score (nSPS) is 14.6. The number of aliphatic hydroxyl groups is 1. The smallest absolute Gasteiger partial charge is 0.311 e. The second-order valence-electron chi connectivity index (χ2n) is 4.24. The highest BCUT2D eigenvalue weighted by Crippen LogP contribution is 2.21. The van der Waals surface area contributed by atoms with Gasteiger partial charge in [-0.1, -0.05) is 6.92 Å². The number of hydrogen-bond acceptors (Lipinski definition) is 5. The predicted molar refractivity (Wildman–Crippen MR) is 57.5 cm³/mol. The summed E-state index contributed by atoms with van der Waals surface area (Å²) in [5.74, 6) is -1.35. The van der Waals surface area contributed by atoms with Gasteiger partial charge in [0.2, 0.25) is 0 Å². The molecule has 0 aliphatic heterocycles. The van der Waals surface area contributed by atoms with Crippen molar-refractivity contribution in [3.05, 3.63) is 0 Å². The van der Waals surface area contributed by atoms with E-state index in [4.69, 9.17) is 14.4 Å². The van der Waals surface area contributed by atoms with E-state index in [1.807, 2.05) is 6.92 Å². The molecule has 0 saturated heterocycles. The Balaban J connectivity index is 4.12. The summed E-state index contributed by atoms with van der Waals surface area (Å²) < 4.78 is 34.0. The average molecular weight is 254 g/mol. The van der Waals surface area contributed by atoms with Crippen LogP contribution in [0.2, 0.25) is 0 Å². The van der Waals surface area contributed by atoms with E-state index in [9.17, 15) is 13.2 Å². The molecular formula is C9H18O6S. The molecule has 0 spiro atoms. The molecule has 96 valence electrons. The van der Waals surface area contributed by atoms with Crippen LogP contribution >= 0.6 is 0 Å². The lowest BCUT2D eigenvalue weighted by Gasteiger charge is -2.21. The average Bonchev–Trinajstić information content (AvgIpc) is 2.11. The lowest BCUT2D eigenvalue weighted by atomic mass is 9.91. The summed E-state index contributed by atoms with van der Waals surface area (Å²) in [6.07, 6.45) is -0.841. The first kappa shape index (κ1) is 15.3. The van der Waals surface area contributed by atoms with Crippen molar-refractivity contribution in [2.24, 2.45) is 5.41 Å². The molecule has 0 bridgehead atoms. The molecule has 0 aromatic rings. The van der Waals surface area contributed by atoms with Crippen LogP contribution in [-0.2, 0) is 19.6 Å². The van der Waals surface area contributed by atoms with Crippen molar-refractivity contribution in [3.8, 4) is 0 Å². The van der Waals surface area contributed by atoms with Gasteiger partial charge in [0, 0.05) is 0 Å². The fourth-order valence-corrected chi connectivity index (χ4v) is 1.39. The van der Waals surface area contributed by atoms with Crippen LogP contribution in [-0.4, -0.2) is 42.5 Å². The SMILES string of the molecule is CCC(C)(C)C(=O)OCC(O)CS(=O)(=O)O. The molecule has 0 fully saturated rings. The van der Waals surface area contributed by atoms with Crippen LogP contribution in [0.3, 0.4) is 0 Å². The van der Waals surface area contributed by atoms with E-state index in [0.29, 0.717) is 6.42 Å². The van der Waals surface area contributed by atoms with Gasteiger partial charge in [0.1, 0.15) is 18.5 Å². The Morgan fingerprint density at radius 3 is 2.31 bits per heavy atom. The summed E-state index contributed by atoms with van der Waals surface area (Å²) >= 11 is 0. The summed E-state index contributed by atoms with van der Waals surface area (Å²) in [6, 6.07) is 0. The van der Waals surface area contributed by atoms with Crippen molar-refractivity contribution < 1.29 is 27.6 Å². The lowest BCUT2D eigenvalue weighted by Crippen LogP contribution is -2.31. The van der Waals surface area contributed by atoms with Crippen LogP contribution in [0.5, 0.6) is 0 Å². The van der Waals surface area contributed by atoms with Crippen molar-refractivity contribution in [1.29, 1.82) is 0 Å². The summed E-state index contributed by atoms with van der Waals surface area (Å²) in [5, 5.41) is 9.16. The summed E-state index contributed by atoms with van der Waals surface area (Å²) in [5.41, 5.74) is -0.669. The summed E-state index contributed by atoms with van der Waals surface area (Å²) in [7, 11) is -4.25. The van der Waals surface area contributed by atoms with Gasteiger partial charge in [-0.15, -0.1) is 0 Å². The highest BCUT2D eigenvalue weighted by atomic mass is 32.2. The second kappa shape index (κ2) is 5.60. The largest absolute Gasteiger partial charge is 0.462 e. The maximum atomic E-state index is 11.4. The minimum absolute atomic E-state index is 0.442. The number of rotatable bonds is 6. The van der Waals surface area contributed by atoms with Gasteiger partial charge in [0.15, 0.2) is 0 Å². The van der Waals surface area contributed by atoms with Gasteiger partial charge in [-0.05, 0) is 20.3 Å². The highest BCUT2D eigenvalue weighted by molar-refractivity contribution is 7.85. The minimum atomic E-state index is -4.25. The van der Waals surface area contributed by atoms with Crippen LogP contribution in [0, 0.1) is 5.41 Å². The molecule has 16 heavy (non-hydrogen) atoms. The summed E-state index contributed by atoms with van der Waals surface area (Å²) in [6.45, 7) is 4.74. The number of aliphatic hydroxyl groups excluding tert-OH is 1. The van der Waals surface area contributed by atoms with Gasteiger partial charge in [-0.3, -0.25) is 9.35 Å². The Kier molecular flexibility index (Phi) is 5.37. The molecule has 1 unspecified atom stereocenters. The predicted octanol–water partition coefficient (Wildman–Crippen LogP) is 0.215. The first-order chi connectivity index (χ1) is 7.08. The highest BCUT2D eigenvalue weighted by Gasteiger charge is 2.28. The Morgan fingerprint density at radius 2 is 1.94 bits per heavy atom. The standard InChI is InChI=1S/C9H18O6S/c1-4-9(2,3)8(11)15-5-7(10)6-16(12,13)14/h7,10H,4-6H2,1-3H3,(H,12,13,14). The van der Waals surface area contributed by atoms with E-state index in [0.717, 1.165) is 0 Å². The van der Waals surface area contributed by atoms with E-state index >= 15 is 0 Å². The third kappa shape index (κ3) is 6.04. The topological polar surface area (TPSA) is 101 Å². The van der Waals surface area contributed by atoms with Gasteiger partial charge in [0.05, 0.1) is 5.41 Å². The van der Waals surface area contributed by atoms with Gasteiger partial charge in [-0.2, -0.15) is 8.42 Å². The van der Waals surface area contributed by atoms with Crippen molar-refractivity contribution >= 4 is 16.1 Å².